The maximum Gasteiger partial charge on any atom is 0.420 e. The van der Waals surface area contributed by atoms with E-state index in [1.54, 1.807) is 48.5 Å². The van der Waals surface area contributed by atoms with E-state index in [-0.39, 0.29) is 19.1 Å². The third kappa shape index (κ3) is 10.0. The lowest BCUT2D eigenvalue weighted by Gasteiger charge is -2.33. The van der Waals surface area contributed by atoms with Crippen LogP contribution in [0.15, 0.2) is 54.6 Å². The highest BCUT2D eigenvalue weighted by Crippen LogP contribution is 2.27. The van der Waals surface area contributed by atoms with Gasteiger partial charge in [0.25, 0.3) is 0 Å². The van der Waals surface area contributed by atoms with Gasteiger partial charge in [0.05, 0.1) is 13.2 Å². The number of ether oxygens (including phenoxy) is 5. The first-order chi connectivity index (χ1) is 19.6. The number of rotatable bonds is 6. The molecule has 0 spiro atoms. The van der Waals surface area contributed by atoms with Crippen LogP contribution in [0.3, 0.4) is 0 Å². The Labute approximate surface area is 249 Å². The zero-order valence-corrected chi connectivity index (χ0v) is 26.0. The molecule has 1 fully saturated rings. The molecular weight excluding hydrogens is 538 g/mol. The fraction of sp³-hybridized carbons (Fsp3) is 0.545. The molecule has 0 N–H and O–H groups in total. The minimum atomic E-state index is -1.43. The van der Waals surface area contributed by atoms with Gasteiger partial charge in [0, 0.05) is 5.92 Å². The van der Waals surface area contributed by atoms with E-state index < -0.39 is 47.6 Å². The van der Waals surface area contributed by atoms with Crippen molar-refractivity contribution in [2.45, 2.75) is 97.7 Å². The van der Waals surface area contributed by atoms with Crippen LogP contribution in [0, 0.1) is 12.8 Å². The Hall–Kier alpha value is -3.59. The largest absolute Gasteiger partial charge is 0.486 e. The maximum absolute atomic E-state index is 13.6. The lowest BCUT2D eigenvalue weighted by molar-refractivity contribution is -0.159. The molecule has 0 aromatic heterocycles. The molecule has 0 bridgehead atoms. The number of hydrogen-bond acceptors (Lipinski definition) is 8. The third-order valence-electron chi connectivity index (χ3n) is 6.54. The Morgan fingerprint density at radius 1 is 0.881 bits per heavy atom. The third-order valence-corrected chi connectivity index (χ3v) is 6.54. The monoisotopic (exact) mass is 583 g/mol. The van der Waals surface area contributed by atoms with Gasteiger partial charge < -0.3 is 23.7 Å². The highest BCUT2D eigenvalue weighted by molar-refractivity contribution is 5.94. The van der Waals surface area contributed by atoms with E-state index in [1.807, 2.05) is 49.4 Å². The fourth-order valence-corrected chi connectivity index (χ4v) is 4.55. The van der Waals surface area contributed by atoms with Gasteiger partial charge in [0.2, 0.25) is 0 Å². The Morgan fingerprint density at radius 2 is 1.45 bits per heavy atom. The molecule has 42 heavy (non-hydrogen) atoms. The topological polar surface area (TPSA) is 101 Å². The average molecular weight is 584 g/mol. The number of cyclic esters (lactones) is 1. The first-order valence-electron chi connectivity index (χ1n) is 14.4. The second-order valence-corrected chi connectivity index (χ2v) is 12.7. The van der Waals surface area contributed by atoms with Crippen LogP contribution in [0.4, 0.5) is 9.59 Å². The summed E-state index contributed by atoms with van der Waals surface area (Å²) >= 11 is 0. The van der Waals surface area contributed by atoms with E-state index in [4.69, 9.17) is 23.7 Å². The van der Waals surface area contributed by atoms with Gasteiger partial charge in [-0.25, -0.2) is 14.4 Å². The van der Waals surface area contributed by atoms with Crippen LogP contribution in [0.1, 0.15) is 66.0 Å². The van der Waals surface area contributed by atoms with Crippen LogP contribution in [-0.2, 0) is 30.2 Å². The number of carbonyl (C=O) groups is 3. The van der Waals surface area contributed by atoms with Crippen molar-refractivity contribution in [1.29, 1.82) is 0 Å². The number of esters is 1. The minimum Gasteiger partial charge on any atom is -0.486 e. The number of hydrogen-bond donors (Lipinski definition) is 0. The van der Waals surface area contributed by atoms with Crippen LogP contribution in [0.2, 0.25) is 0 Å². The second-order valence-electron chi connectivity index (χ2n) is 12.7. The van der Waals surface area contributed by atoms with E-state index in [0.29, 0.717) is 17.1 Å². The van der Waals surface area contributed by atoms with Crippen molar-refractivity contribution >= 4 is 18.2 Å². The Morgan fingerprint density at radius 3 is 2.00 bits per heavy atom. The minimum absolute atomic E-state index is 0.176. The second kappa shape index (κ2) is 14.1. The summed E-state index contributed by atoms with van der Waals surface area (Å²) in [6, 6.07) is 16.3. The molecule has 1 saturated heterocycles. The molecule has 9 nitrogen and oxygen atoms in total. The van der Waals surface area contributed by atoms with Gasteiger partial charge in [-0.1, -0.05) is 48.0 Å². The predicted octanol–water partition coefficient (Wildman–Crippen LogP) is 6.49. The number of benzene rings is 2. The standard InChI is InChI=1S/C33H45NO8/c1-22-14-18-26(19-15-22)40-28-23(2)39-29(35)27(21-38-20-25(28)17-16-24-12-10-9-11-13-24)34(30(36)41-32(3,4)5)31(37)42-33(6,7)8/h9-15,18-19,23,25,27-28H,16-17,20-21H2,1-8H3. The van der Waals surface area contributed by atoms with Crippen LogP contribution in [-0.4, -0.2) is 65.7 Å². The summed E-state index contributed by atoms with van der Waals surface area (Å²) in [5.41, 5.74) is 0.398. The van der Waals surface area contributed by atoms with Gasteiger partial charge in [-0.3, -0.25) is 0 Å². The van der Waals surface area contributed by atoms with E-state index in [1.165, 1.54) is 0 Å². The molecule has 0 radical (unpaired) electrons. The zero-order chi connectivity index (χ0) is 31.1. The van der Waals surface area contributed by atoms with Crippen LogP contribution in [0.5, 0.6) is 5.75 Å². The summed E-state index contributed by atoms with van der Waals surface area (Å²) in [6.45, 7) is 13.7. The molecule has 3 rings (SSSR count). The molecule has 4 unspecified atom stereocenters. The molecule has 9 heteroatoms. The summed E-state index contributed by atoms with van der Waals surface area (Å²) in [5, 5.41) is 0. The quantitative estimate of drug-likeness (QED) is 0.281. The summed E-state index contributed by atoms with van der Waals surface area (Å²) < 4.78 is 29.4. The van der Waals surface area contributed by atoms with Gasteiger partial charge in [-0.15, -0.1) is 0 Å². The van der Waals surface area contributed by atoms with Crippen molar-refractivity contribution < 1.29 is 38.1 Å². The fourth-order valence-electron chi connectivity index (χ4n) is 4.55. The number of imide groups is 1. The highest BCUT2D eigenvalue weighted by Gasteiger charge is 2.44. The zero-order valence-electron chi connectivity index (χ0n) is 26.0. The van der Waals surface area contributed by atoms with Crippen LogP contribution in [0.25, 0.3) is 0 Å². The molecule has 1 heterocycles. The molecule has 1 aliphatic rings. The van der Waals surface area contributed by atoms with Gasteiger partial charge >= 0.3 is 18.2 Å². The molecule has 230 valence electrons. The van der Waals surface area contributed by atoms with Crippen LogP contribution < -0.4 is 4.74 Å². The first kappa shape index (κ1) is 32.9. The van der Waals surface area contributed by atoms with Crippen molar-refractivity contribution in [2.75, 3.05) is 13.2 Å². The summed E-state index contributed by atoms with van der Waals surface area (Å²) in [6.07, 6.45) is -1.90. The Kier molecular flexibility index (Phi) is 11.0. The van der Waals surface area contributed by atoms with Crippen molar-refractivity contribution in [2.24, 2.45) is 5.92 Å². The lowest BCUT2D eigenvalue weighted by atomic mass is 9.92. The van der Waals surface area contributed by atoms with E-state index in [0.717, 1.165) is 17.5 Å². The van der Waals surface area contributed by atoms with Crippen molar-refractivity contribution in [3.63, 3.8) is 0 Å². The lowest BCUT2D eigenvalue weighted by Crippen LogP contribution is -2.54. The molecule has 1 aliphatic heterocycles. The number of amides is 2. The molecular formula is C33H45NO8. The normalized spacial score (nSPS) is 21.7. The molecule has 0 saturated carbocycles. The summed E-state index contributed by atoms with van der Waals surface area (Å²) in [5.74, 6) is -0.358. The number of aryl methyl sites for hydroxylation is 2. The Bertz CT molecular complexity index is 1160. The van der Waals surface area contributed by atoms with Crippen molar-refractivity contribution in [3.8, 4) is 5.75 Å². The summed E-state index contributed by atoms with van der Waals surface area (Å²) in [4.78, 5) is 40.8. The number of nitrogens with zero attached hydrogens (tertiary/aromatic N) is 1. The van der Waals surface area contributed by atoms with Crippen molar-refractivity contribution in [3.05, 3.63) is 65.7 Å². The van der Waals surface area contributed by atoms with E-state index >= 15 is 0 Å². The average Bonchev–Trinajstić information content (AvgIpc) is 2.92. The maximum atomic E-state index is 13.6. The molecule has 2 aromatic carbocycles. The van der Waals surface area contributed by atoms with Gasteiger partial charge in [-0.05, 0) is 85.9 Å². The van der Waals surface area contributed by atoms with E-state index in [9.17, 15) is 14.4 Å². The molecule has 2 amide bonds. The molecule has 4 atom stereocenters. The summed E-state index contributed by atoms with van der Waals surface area (Å²) in [7, 11) is 0. The molecule has 0 aliphatic carbocycles. The SMILES string of the molecule is Cc1ccc(OC2C(CCc3ccccc3)COCC(N(C(=O)OC(C)(C)C)C(=O)OC(C)(C)C)C(=O)OC2C)cc1. The van der Waals surface area contributed by atoms with E-state index in [2.05, 4.69) is 12.1 Å². The van der Waals surface area contributed by atoms with Crippen LogP contribution >= 0.6 is 0 Å². The highest BCUT2D eigenvalue weighted by atomic mass is 16.6. The van der Waals surface area contributed by atoms with Gasteiger partial charge in [0.15, 0.2) is 6.04 Å². The van der Waals surface area contributed by atoms with Gasteiger partial charge in [0.1, 0.15) is 29.2 Å². The van der Waals surface area contributed by atoms with Crippen molar-refractivity contribution in [1.82, 2.24) is 4.90 Å². The first-order valence-corrected chi connectivity index (χ1v) is 14.4. The van der Waals surface area contributed by atoms with Gasteiger partial charge in [-0.2, -0.15) is 4.90 Å². The smallest absolute Gasteiger partial charge is 0.420 e. The molecule has 2 aromatic rings. The predicted molar refractivity (Wildman–Crippen MR) is 158 cm³/mol. The Balaban J connectivity index is 1.92. The number of carbonyl (C=O) groups excluding carboxylic acids is 3.